The molecule has 0 spiro atoms. The van der Waals surface area contributed by atoms with E-state index in [1.807, 2.05) is 26.0 Å². The summed E-state index contributed by atoms with van der Waals surface area (Å²) in [6, 6.07) is 9.18. The predicted octanol–water partition coefficient (Wildman–Crippen LogP) is 2.14. The molecule has 7 nitrogen and oxygen atoms in total. The SMILES string of the molecule is CC(C)C[C@H](C(=O)O)[C@H](Cc1ccc(C#N)cc1)c1nn[nH]n1. The summed E-state index contributed by atoms with van der Waals surface area (Å²) in [5, 5.41) is 32.4. The fraction of sp³-hybridized carbons (Fsp3) is 0.438. The largest absolute Gasteiger partial charge is 0.481 e. The minimum Gasteiger partial charge on any atom is -0.481 e. The fourth-order valence-electron chi connectivity index (χ4n) is 2.65. The van der Waals surface area contributed by atoms with Crippen LogP contribution in [0.15, 0.2) is 24.3 Å². The molecule has 0 amide bonds. The molecule has 2 N–H and O–H groups in total. The molecule has 0 aliphatic heterocycles. The van der Waals surface area contributed by atoms with Crippen LogP contribution in [-0.4, -0.2) is 31.7 Å². The number of aromatic amines is 1. The van der Waals surface area contributed by atoms with E-state index in [0.29, 0.717) is 24.2 Å². The van der Waals surface area contributed by atoms with Crippen molar-refractivity contribution in [3.8, 4) is 6.07 Å². The minimum atomic E-state index is -0.859. The zero-order valence-corrected chi connectivity index (χ0v) is 13.1. The highest BCUT2D eigenvalue weighted by Gasteiger charge is 2.33. The maximum absolute atomic E-state index is 11.7. The number of aliphatic carboxylic acids is 1. The first kappa shape index (κ1) is 16.6. The number of carbonyl (C=O) groups is 1. The zero-order chi connectivity index (χ0) is 16.8. The van der Waals surface area contributed by atoms with E-state index in [2.05, 4.69) is 26.7 Å². The zero-order valence-electron chi connectivity index (χ0n) is 13.1. The second-order valence-electron chi connectivity index (χ2n) is 5.96. The lowest BCUT2D eigenvalue weighted by molar-refractivity contribution is -0.143. The van der Waals surface area contributed by atoms with E-state index in [1.165, 1.54) is 0 Å². The third kappa shape index (κ3) is 4.36. The average molecular weight is 313 g/mol. The lowest BCUT2D eigenvalue weighted by Crippen LogP contribution is -2.26. The Hall–Kier alpha value is -2.75. The molecule has 2 atom stereocenters. The van der Waals surface area contributed by atoms with Gasteiger partial charge in [-0.15, -0.1) is 10.2 Å². The number of H-pyrrole nitrogens is 1. The van der Waals surface area contributed by atoms with E-state index in [4.69, 9.17) is 5.26 Å². The summed E-state index contributed by atoms with van der Waals surface area (Å²) in [5.74, 6) is -1.18. The van der Waals surface area contributed by atoms with Crippen molar-refractivity contribution in [3.05, 3.63) is 41.2 Å². The Morgan fingerprint density at radius 1 is 1.35 bits per heavy atom. The molecule has 7 heteroatoms. The third-order valence-electron chi connectivity index (χ3n) is 3.76. The third-order valence-corrected chi connectivity index (χ3v) is 3.76. The Morgan fingerprint density at radius 2 is 2.04 bits per heavy atom. The highest BCUT2D eigenvalue weighted by molar-refractivity contribution is 5.71. The molecular weight excluding hydrogens is 294 g/mol. The first-order valence-electron chi connectivity index (χ1n) is 7.46. The smallest absolute Gasteiger partial charge is 0.307 e. The van der Waals surface area contributed by atoms with Crippen LogP contribution >= 0.6 is 0 Å². The normalized spacial score (nSPS) is 13.5. The van der Waals surface area contributed by atoms with E-state index in [0.717, 1.165) is 5.56 Å². The van der Waals surface area contributed by atoms with Crippen molar-refractivity contribution in [1.82, 2.24) is 20.6 Å². The van der Waals surface area contributed by atoms with Crippen LogP contribution in [0.1, 0.15) is 43.1 Å². The van der Waals surface area contributed by atoms with Gasteiger partial charge >= 0.3 is 5.97 Å². The number of nitrogens with one attached hydrogen (secondary N) is 1. The van der Waals surface area contributed by atoms with E-state index in [-0.39, 0.29) is 11.8 Å². The molecule has 0 saturated carbocycles. The summed E-state index contributed by atoms with van der Waals surface area (Å²) in [4.78, 5) is 11.7. The molecule has 1 heterocycles. The number of nitriles is 1. The molecule has 2 rings (SSSR count). The van der Waals surface area contributed by atoms with Crippen LogP contribution in [0.5, 0.6) is 0 Å². The molecule has 0 aliphatic rings. The molecule has 1 aromatic heterocycles. The standard InChI is InChI=1S/C16H19N5O2/c1-10(2)7-14(16(22)23)13(15-18-20-21-19-15)8-11-3-5-12(9-17)6-4-11/h3-6,10,13-14H,7-8H2,1-2H3,(H,22,23)(H,18,19,20,21)/t13-,14-/m0/s1. The van der Waals surface area contributed by atoms with Gasteiger partial charge in [-0.3, -0.25) is 4.79 Å². The summed E-state index contributed by atoms with van der Waals surface area (Å²) in [6.45, 7) is 3.98. The topological polar surface area (TPSA) is 116 Å². The van der Waals surface area contributed by atoms with Gasteiger partial charge in [-0.25, -0.2) is 0 Å². The number of tetrazole rings is 1. The van der Waals surface area contributed by atoms with E-state index < -0.39 is 11.9 Å². The molecule has 120 valence electrons. The Kier molecular flexibility index (Phi) is 5.41. The maximum atomic E-state index is 11.7. The molecule has 0 unspecified atom stereocenters. The molecule has 0 saturated heterocycles. The van der Waals surface area contributed by atoms with E-state index >= 15 is 0 Å². The van der Waals surface area contributed by atoms with Crippen molar-refractivity contribution in [2.45, 2.75) is 32.6 Å². The number of aromatic nitrogens is 4. The van der Waals surface area contributed by atoms with Crippen LogP contribution in [0.4, 0.5) is 0 Å². The lowest BCUT2D eigenvalue weighted by atomic mass is 9.81. The lowest BCUT2D eigenvalue weighted by Gasteiger charge is -2.23. The Bertz CT molecular complexity index is 673. The van der Waals surface area contributed by atoms with Crippen LogP contribution in [-0.2, 0) is 11.2 Å². The van der Waals surface area contributed by atoms with Crippen LogP contribution in [0.3, 0.4) is 0 Å². The van der Waals surface area contributed by atoms with Gasteiger partial charge in [0.05, 0.1) is 17.6 Å². The van der Waals surface area contributed by atoms with Crippen molar-refractivity contribution >= 4 is 5.97 Å². The molecule has 0 aliphatic carbocycles. The molecule has 1 aromatic carbocycles. The van der Waals surface area contributed by atoms with E-state index in [1.54, 1.807) is 12.1 Å². The average Bonchev–Trinajstić information content (AvgIpc) is 3.05. The van der Waals surface area contributed by atoms with Gasteiger partial charge in [-0.2, -0.15) is 10.5 Å². The van der Waals surface area contributed by atoms with Crippen molar-refractivity contribution in [2.75, 3.05) is 0 Å². The highest BCUT2D eigenvalue weighted by atomic mass is 16.4. The van der Waals surface area contributed by atoms with Crippen molar-refractivity contribution in [3.63, 3.8) is 0 Å². The Labute approximate surface area is 134 Å². The van der Waals surface area contributed by atoms with Gasteiger partial charge < -0.3 is 5.11 Å². The van der Waals surface area contributed by atoms with E-state index in [9.17, 15) is 9.90 Å². The van der Waals surface area contributed by atoms with Crippen LogP contribution < -0.4 is 0 Å². The summed E-state index contributed by atoms with van der Waals surface area (Å²) in [6.07, 6.45) is 1.01. The summed E-state index contributed by atoms with van der Waals surface area (Å²) >= 11 is 0. The first-order chi connectivity index (χ1) is 11.0. The van der Waals surface area contributed by atoms with Gasteiger partial charge in [-0.1, -0.05) is 31.2 Å². The van der Waals surface area contributed by atoms with Gasteiger partial charge in [0.25, 0.3) is 0 Å². The summed E-state index contributed by atoms with van der Waals surface area (Å²) in [5.41, 5.74) is 1.51. The number of hydrogen-bond donors (Lipinski definition) is 2. The Balaban J connectivity index is 2.29. The van der Waals surface area contributed by atoms with Crippen molar-refractivity contribution in [1.29, 1.82) is 5.26 Å². The monoisotopic (exact) mass is 313 g/mol. The van der Waals surface area contributed by atoms with Gasteiger partial charge in [0, 0.05) is 5.92 Å². The molecular formula is C16H19N5O2. The number of carboxylic acid groups (broad SMARTS) is 1. The number of hydrogen-bond acceptors (Lipinski definition) is 5. The van der Waals surface area contributed by atoms with Crippen LogP contribution in [0, 0.1) is 23.2 Å². The van der Waals surface area contributed by atoms with Crippen LogP contribution in [0.2, 0.25) is 0 Å². The number of carboxylic acids is 1. The van der Waals surface area contributed by atoms with Gasteiger partial charge in [0.2, 0.25) is 0 Å². The number of rotatable bonds is 7. The quantitative estimate of drug-likeness (QED) is 0.809. The molecule has 0 bridgehead atoms. The number of nitrogens with zero attached hydrogens (tertiary/aromatic N) is 4. The van der Waals surface area contributed by atoms with Crippen molar-refractivity contribution in [2.24, 2.45) is 11.8 Å². The minimum absolute atomic E-state index is 0.242. The predicted molar refractivity (Wildman–Crippen MR) is 82.4 cm³/mol. The summed E-state index contributed by atoms with van der Waals surface area (Å²) in [7, 11) is 0. The van der Waals surface area contributed by atoms with Gasteiger partial charge in [0.15, 0.2) is 5.82 Å². The van der Waals surface area contributed by atoms with Crippen LogP contribution in [0.25, 0.3) is 0 Å². The first-order valence-corrected chi connectivity index (χ1v) is 7.46. The number of benzene rings is 1. The second-order valence-corrected chi connectivity index (χ2v) is 5.96. The molecule has 0 radical (unpaired) electrons. The van der Waals surface area contributed by atoms with Gasteiger partial charge in [-0.05, 0) is 36.5 Å². The Morgan fingerprint density at radius 3 is 2.52 bits per heavy atom. The van der Waals surface area contributed by atoms with Crippen molar-refractivity contribution < 1.29 is 9.90 Å². The fourth-order valence-corrected chi connectivity index (χ4v) is 2.65. The molecule has 23 heavy (non-hydrogen) atoms. The maximum Gasteiger partial charge on any atom is 0.307 e. The van der Waals surface area contributed by atoms with Gasteiger partial charge in [0.1, 0.15) is 0 Å². The summed E-state index contributed by atoms with van der Waals surface area (Å²) < 4.78 is 0. The second kappa shape index (κ2) is 7.49. The highest BCUT2D eigenvalue weighted by Crippen LogP contribution is 2.31. The molecule has 0 fully saturated rings. The molecule has 2 aromatic rings.